The van der Waals surface area contributed by atoms with Gasteiger partial charge in [0.15, 0.2) is 5.17 Å². The summed E-state index contributed by atoms with van der Waals surface area (Å²) in [5.74, 6) is 0. The predicted molar refractivity (Wildman–Crippen MR) is 79.1 cm³/mol. The topological polar surface area (TPSA) is 39.4 Å². The van der Waals surface area contributed by atoms with Crippen LogP contribution in [0.4, 0.5) is 0 Å². The van der Waals surface area contributed by atoms with Crippen molar-refractivity contribution in [2.24, 2.45) is 4.99 Å². The molecule has 2 heterocycles. The molecule has 0 aliphatic carbocycles. The van der Waals surface area contributed by atoms with Crippen molar-refractivity contribution in [2.75, 3.05) is 0 Å². The fourth-order valence-corrected chi connectivity index (χ4v) is 2.70. The SMILES string of the molecule is N#C/C=C1\C=C(c2ccc(Cl)cc2)N=C2SC=CN21. The zero-order valence-electron chi connectivity index (χ0n) is 9.75. The Morgan fingerprint density at radius 1 is 1.32 bits per heavy atom. The summed E-state index contributed by atoms with van der Waals surface area (Å²) < 4.78 is 0. The van der Waals surface area contributed by atoms with E-state index in [4.69, 9.17) is 16.9 Å². The minimum Gasteiger partial charge on any atom is -0.295 e. The molecular weight excluding hydrogens is 278 g/mol. The summed E-state index contributed by atoms with van der Waals surface area (Å²) in [6.07, 6.45) is 5.31. The van der Waals surface area contributed by atoms with E-state index in [0.717, 1.165) is 22.1 Å². The number of thioether (sulfide) groups is 1. The van der Waals surface area contributed by atoms with E-state index in [-0.39, 0.29) is 0 Å². The Morgan fingerprint density at radius 3 is 2.84 bits per heavy atom. The Kier molecular flexibility index (Phi) is 3.16. The van der Waals surface area contributed by atoms with E-state index in [1.165, 1.54) is 17.8 Å². The average Bonchev–Trinajstić information content (AvgIpc) is 2.88. The van der Waals surface area contributed by atoms with Gasteiger partial charge in [-0.05, 0) is 23.6 Å². The Bertz CT molecular complexity index is 678. The second-order valence-corrected chi connectivity index (χ2v) is 5.21. The summed E-state index contributed by atoms with van der Waals surface area (Å²) in [7, 11) is 0. The first kappa shape index (κ1) is 12.1. The van der Waals surface area contributed by atoms with Crippen LogP contribution in [0.2, 0.25) is 5.02 Å². The molecule has 92 valence electrons. The second-order valence-electron chi connectivity index (χ2n) is 3.90. The highest BCUT2D eigenvalue weighted by Gasteiger charge is 2.22. The standard InChI is InChI=1S/C14H8ClN3S/c15-11-3-1-10(2-4-11)13-9-12(5-6-16)18-7-8-19-14(18)17-13/h1-5,7-9H/b12-5+. The van der Waals surface area contributed by atoms with Crippen molar-refractivity contribution in [3.05, 3.63) is 64.3 Å². The summed E-state index contributed by atoms with van der Waals surface area (Å²) >= 11 is 7.42. The number of fused-ring (bicyclic) bond motifs is 1. The van der Waals surface area contributed by atoms with Crippen molar-refractivity contribution >= 4 is 34.2 Å². The van der Waals surface area contributed by atoms with E-state index in [1.807, 2.05) is 46.8 Å². The summed E-state index contributed by atoms with van der Waals surface area (Å²) in [6.45, 7) is 0. The van der Waals surface area contributed by atoms with Gasteiger partial charge in [0.1, 0.15) is 0 Å². The summed E-state index contributed by atoms with van der Waals surface area (Å²) in [4.78, 5) is 6.48. The highest BCUT2D eigenvalue weighted by molar-refractivity contribution is 8.16. The number of halogens is 1. The number of allylic oxidation sites excluding steroid dienone is 2. The lowest BCUT2D eigenvalue weighted by atomic mass is 10.1. The lowest BCUT2D eigenvalue weighted by molar-refractivity contribution is 0.729. The molecule has 0 unspecified atom stereocenters. The monoisotopic (exact) mass is 285 g/mol. The molecule has 0 aromatic heterocycles. The largest absolute Gasteiger partial charge is 0.295 e. The van der Waals surface area contributed by atoms with Crippen molar-refractivity contribution in [3.8, 4) is 6.07 Å². The van der Waals surface area contributed by atoms with Gasteiger partial charge in [-0.3, -0.25) is 4.90 Å². The fourth-order valence-electron chi connectivity index (χ4n) is 1.84. The van der Waals surface area contributed by atoms with Crippen LogP contribution in [0.5, 0.6) is 0 Å². The van der Waals surface area contributed by atoms with Crippen molar-refractivity contribution in [1.82, 2.24) is 4.90 Å². The molecule has 0 atom stereocenters. The lowest BCUT2D eigenvalue weighted by Gasteiger charge is -2.22. The molecule has 0 bridgehead atoms. The maximum atomic E-state index is 8.86. The van der Waals surface area contributed by atoms with Crippen LogP contribution in [-0.4, -0.2) is 10.1 Å². The molecule has 5 heteroatoms. The molecule has 0 fully saturated rings. The van der Waals surface area contributed by atoms with Gasteiger partial charge in [-0.1, -0.05) is 35.5 Å². The zero-order valence-corrected chi connectivity index (χ0v) is 11.3. The molecule has 0 saturated heterocycles. The van der Waals surface area contributed by atoms with Gasteiger partial charge in [-0.25, -0.2) is 4.99 Å². The van der Waals surface area contributed by atoms with E-state index < -0.39 is 0 Å². The molecule has 3 nitrogen and oxygen atoms in total. The number of aliphatic imine (C=N–C) groups is 1. The maximum absolute atomic E-state index is 8.86. The molecule has 0 amide bonds. The third kappa shape index (κ3) is 2.30. The van der Waals surface area contributed by atoms with E-state index in [2.05, 4.69) is 11.1 Å². The van der Waals surface area contributed by atoms with Gasteiger partial charge < -0.3 is 0 Å². The maximum Gasteiger partial charge on any atom is 0.177 e. The van der Waals surface area contributed by atoms with Crippen LogP contribution >= 0.6 is 23.4 Å². The van der Waals surface area contributed by atoms with Crippen LogP contribution in [0.25, 0.3) is 5.70 Å². The van der Waals surface area contributed by atoms with Crippen LogP contribution < -0.4 is 0 Å². The van der Waals surface area contributed by atoms with Crippen LogP contribution in [0.1, 0.15) is 5.56 Å². The fraction of sp³-hybridized carbons (Fsp3) is 0. The van der Waals surface area contributed by atoms with Gasteiger partial charge in [-0.15, -0.1) is 0 Å². The summed E-state index contributed by atoms with van der Waals surface area (Å²) in [5.41, 5.74) is 2.63. The number of rotatable bonds is 1. The molecule has 3 rings (SSSR count). The summed E-state index contributed by atoms with van der Waals surface area (Å²) in [6, 6.07) is 9.57. The number of hydrogen-bond donors (Lipinski definition) is 0. The van der Waals surface area contributed by atoms with Crippen LogP contribution in [0.3, 0.4) is 0 Å². The molecule has 1 aromatic rings. The van der Waals surface area contributed by atoms with Gasteiger partial charge in [-0.2, -0.15) is 5.26 Å². The van der Waals surface area contributed by atoms with E-state index in [0.29, 0.717) is 5.02 Å². The average molecular weight is 286 g/mol. The Morgan fingerprint density at radius 2 is 2.11 bits per heavy atom. The van der Waals surface area contributed by atoms with Gasteiger partial charge >= 0.3 is 0 Å². The molecule has 0 N–H and O–H groups in total. The number of nitrogens with zero attached hydrogens (tertiary/aromatic N) is 3. The van der Waals surface area contributed by atoms with Gasteiger partial charge in [0.25, 0.3) is 0 Å². The number of nitriles is 1. The first-order valence-corrected chi connectivity index (χ1v) is 6.82. The normalized spacial score (nSPS) is 18.9. The molecule has 0 radical (unpaired) electrons. The number of hydrogen-bond acceptors (Lipinski definition) is 4. The number of amidine groups is 1. The number of benzene rings is 1. The summed E-state index contributed by atoms with van der Waals surface area (Å²) in [5, 5.41) is 12.4. The Labute approximate surface area is 120 Å². The lowest BCUT2D eigenvalue weighted by Crippen LogP contribution is -2.21. The molecule has 19 heavy (non-hydrogen) atoms. The quantitative estimate of drug-likeness (QED) is 0.733. The highest BCUT2D eigenvalue weighted by Crippen LogP contribution is 2.33. The van der Waals surface area contributed by atoms with Crippen molar-refractivity contribution in [2.45, 2.75) is 0 Å². The van der Waals surface area contributed by atoms with Crippen LogP contribution in [0, 0.1) is 11.3 Å². The van der Waals surface area contributed by atoms with Crippen molar-refractivity contribution < 1.29 is 0 Å². The predicted octanol–water partition coefficient (Wildman–Crippen LogP) is 3.98. The zero-order chi connectivity index (χ0) is 13.2. The molecule has 0 saturated carbocycles. The first-order valence-electron chi connectivity index (χ1n) is 5.56. The molecule has 2 aliphatic heterocycles. The molecule has 2 aliphatic rings. The van der Waals surface area contributed by atoms with E-state index in [1.54, 1.807) is 0 Å². The second kappa shape index (κ2) is 4.96. The minimum atomic E-state index is 0.694. The molecular formula is C14H8ClN3S. The van der Waals surface area contributed by atoms with Crippen LogP contribution in [0.15, 0.2) is 58.7 Å². The Hall–Kier alpha value is -1.96. The highest BCUT2D eigenvalue weighted by atomic mass is 35.5. The minimum absolute atomic E-state index is 0.694. The van der Waals surface area contributed by atoms with Gasteiger partial charge in [0.05, 0.1) is 17.5 Å². The molecule has 1 aromatic carbocycles. The molecule has 0 spiro atoms. The van der Waals surface area contributed by atoms with Crippen LogP contribution in [-0.2, 0) is 0 Å². The van der Waals surface area contributed by atoms with E-state index >= 15 is 0 Å². The third-order valence-corrected chi connectivity index (χ3v) is 3.73. The van der Waals surface area contributed by atoms with E-state index in [9.17, 15) is 0 Å². The Balaban J connectivity index is 2.05. The van der Waals surface area contributed by atoms with Crippen molar-refractivity contribution in [1.29, 1.82) is 5.26 Å². The van der Waals surface area contributed by atoms with Gasteiger partial charge in [0.2, 0.25) is 0 Å². The van der Waals surface area contributed by atoms with Gasteiger partial charge in [0, 0.05) is 22.9 Å². The third-order valence-electron chi connectivity index (χ3n) is 2.72. The first-order chi connectivity index (χ1) is 9.28. The smallest absolute Gasteiger partial charge is 0.177 e. The van der Waals surface area contributed by atoms with Crippen molar-refractivity contribution in [3.63, 3.8) is 0 Å².